The van der Waals surface area contributed by atoms with E-state index in [-0.39, 0.29) is 0 Å². The quantitative estimate of drug-likeness (QED) is 0.877. The molecule has 1 aliphatic carbocycles. The fraction of sp³-hybridized carbons (Fsp3) is 0.294. The molecule has 0 spiro atoms. The summed E-state index contributed by atoms with van der Waals surface area (Å²) < 4.78 is 5.75. The number of nitrogens with two attached hydrogens (primary N) is 1. The predicted molar refractivity (Wildman–Crippen MR) is 80.8 cm³/mol. The summed E-state index contributed by atoms with van der Waals surface area (Å²) in [5.74, 6) is 0.440. The number of hydrogen-bond acceptors (Lipinski definition) is 4. The van der Waals surface area contributed by atoms with Gasteiger partial charge in [-0.1, -0.05) is 12.1 Å². The summed E-state index contributed by atoms with van der Waals surface area (Å²) in [6, 6.07) is 11.6. The Hall–Kier alpha value is -2.54. The Balaban J connectivity index is 1.81. The highest BCUT2D eigenvalue weighted by molar-refractivity contribution is 5.44. The molecule has 0 amide bonds. The number of aromatic nitrogens is 1. The molecule has 0 saturated carbocycles. The van der Waals surface area contributed by atoms with Gasteiger partial charge in [0.1, 0.15) is 18.2 Å². The summed E-state index contributed by atoms with van der Waals surface area (Å²) in [5.41, 5.74) is 10.2. The summed E-state index contributed by atoms with van der Waals surface area (Å²) in [6.07, 6.45) is 4.31. The first-order valence-corrected chi connectivity index (χ1v) is 7.16. The van der Waals surface area contributed by atoms with Gasteiger partial charge in [0.15, 0.2) is 0 Å². The topological polar surface area (TPSA) is 71.9 Å². The van der Waals surface area contributed by atoms with Crippen LogP contribution in [0.5, 0.6) is 5.88 Å². The van der Waals surface area contributed by atoms with Crippen LogP contribution >= 0.6 is 0 Å². The molecule has 4 heteroatoms. The van der Waals surface area contributed by atoms with E-state index in [1.165, 1.54) is 12.0 Å². The lowest BCUT2D eigenvalue weighted by molar-refractivity contribution is 0.291. The molecule has 0 atom stereocenters. The number of anilines is 1. The van der Waals surface area contributed by atoms with Crippen molar-refractivity contribution in [3.05, 3.63) is 52.7 Å². The monoisotopic (exact) mass is 279 g/mol. The molecule has 0 fully saturated rings. The van der Waals surface area contributed by atoms with Crippen LogP contribution in [0.1, 0.15) is 35.2 Å². The number of ether oxygens (including phenoxy) is 1. The third-order valence-electron chi connectivity index (χ3n) is 3.74. The molecule has 4 nitrogen and oxygen atoms in total. The van der Waals surface area contributed by atoms with E-state index in [4.69, 9.17) is 10.5 Å². The van der Waals surface area contributed by atoms with Crippen LogP contribution < -0.4 is 10.5 Å². The summed E-state index contributed by atoms with van der Waals surface area (Å²) in [4.78, 5) is 4.55. The fourth-order valence-corrected chi connectivity index (χ4v) is 2.57. The van der Waals surface area contributed by atoms with Gasteiger partial charge < -0.3 is 10.5 Å². The van der Waals surface area contributed by atoms with Crippen molar-refractivity contribution >= 4 is 5.69 Å². The Kier molecular flexibility index (Phi) is 3.74. The lowest BCUT2D eigenvalue weighted by Crippen LogP contribution is -2.09. The van der Waals surface area contributed by atoms with E-state index in [0.717, 1.165) is 36.2 Å². The Morgan fingerprint density at radius 3 is 2.71 bits per heavy atom. The minimum atomic E-state index is 0.390. The van der Waals surface area contributed by atoms with E-state index in [0.29, 0.717) is 18.1 Å². The number of nitrogens with zero attached hydrogens (tertiary/aromatic N) is 2. The second-order valence-corrected chi connectivity index (χ2v) is 5.30. The molecule has 0 radical (unpaired) electrons. The number of aryl methyl sites for hydroxylation is 2. The van der Waals surface area contributed by atoms with Crippen molar-refractivity contribution in [3.63, 3.8) is 0 Å². The highest BCUT2D eigenvalue weighted by Gasteiger charge is 2.16. The molecular weight excluding hydrogens is 262 g/mol. The van der Waals surface area contributed by atoms with Crippen LogP contribution in [-0.2, 0) is 19.4 Å². The highest BCUT2D eigenvalue weighted by Crippen LogP contribution is 2.26. The first-order chi connectivity index (χ1) is 10.3. The number of benzene rings is 1. The van der Waals surface area contributed by atoms with Gasteiger partial charge in [0.25, 0.3) is 0 Å². The third-order valence-corrected chi connectivity index (χ3v) is 3.74. The van der Waals surface area contributed by atoms with E-state index < -0.39 is 0 Å². The molecule has 0 saturated heterocycles. The van der Waals surface area contributed by atoms with E-state index in [1.807, 2.05) is 30.3 Å². The second kappa shape index (κ2) is 5.84. The zero-order valence-electron chi connectivity index (χ0n) is 11.8. The minimum absolute atomic E-state index is 0.390. The van der Waals surface area contributed by atoms with Crippen molar-refractivity contribution in [2.24, 2.45) is 0 Å². The SMILES string of the molecule is N#Cc1cc2c(nc1OCc1ccc(N)cc1)CCCC2. The van der Waals surface area contributed by atoms with E-state index in [2.05, 4.69) is 11.1 Å². The van der Waals surface area contributed by atoms with Crippen molar-refractivity contribution in [2.45, 2.75) is 32.3 Å². The standard InChI is InChI=1S/C17H17N3O/c18-10-14-9-13-3-1-2-4-16(13)20-17(14)21-11-12-5-7-15(19)8-6-12/h5-9H,1-4,11,19H2. The lowest BCUT2D eigenvalue weighted by atomic mass is 9.95. The molecule has 0 bridgehead atoms. The molecule has 2 N–H and O–H groups in total. The molecular formula is C17H17N3O. The summed E-state index contributed by atoms with van der Waals surface area (Å²) >= 11 is 0. The zero-order valence-corrected chi connectivity index (χ0v) is 11.8. The number of nitrogen functional groups attached to an aromatic ring is 1. The average molecular weight is 279 g/mol. The third kappa shape index (κ3) is 2.97. The van der Waals surface area contributed by atoms with Crippen LogP contribution in [-0.4, -0.2) is 4.98 Å². The smallest absolute Gasteiger partial charge is 0.232 e. The molecule has 1 heterocycles. The van der Waals surface area contributed by atoms with E-state index >= 15 is 0 Å². The summed E-state index contributed by atoms with van der Waals surface area (Å²) in [5, 5.41) is 9.27. The second-order valence-electron chi connectivity index (χ2n) is 5.30. The number of fused-ring (bicyclic) bond motifs is 1. The predicted octanol–water partition coefficient (Wildman–Crippen LogP) is 2.99. The normalized spacial score (nSPS) is 13.3. The average Bonchev–Trinajstić information content (AvgIpc) is 2.53. The molecule has 0 unspecified atom stereocenters. The lowest BCUT2D eigenvalue weighted by Gasteiger charge is -2.16. The molecule has 1 aliphatic rings. The van der Waals surface area contributed by atoms with Crippen LogP contribution in [0, 0.1) is 11.3 Å². The summed E-state index contributed by atoms with van der Waals surface area (Å²) in [7, 11) is 0. The van der Waals surface area contributed by atoms with Gasteiger partial charge in [-0.3, -0.25) is 0 Å². The van der Waals surface area contributed by atoms with Gasteiger partial charge >= 0.3 is 0 Å². The number of nitriles is 1. The maximum Gasteiger partial charge on any atom is 0.232 e. The Morgan fingerprint density at radius 2 is 1.95 bits per heavy atom. The van der Waals surface area contributed by atoms with Gasteiger partial charge in [0.05, 0.1) is 0 Å². The largest absolute Gasteiger partial charge is 0.472 e. The van der Waals surface area contributed by atoms with Gasteiger partial charge in [0.2, 0.25) is 5.88 Å². The number of pyridine rings is 1. The maximum atomic E-state index is 9.27. The van der Waals surface area contributed by atoms with Crippen LogP contribution in [0.15, 0.2) is 30.3 Å². The Morgan fingerprint density at radius 1 is 1.19 bits per heavy atom. The van der Waals surface area contributed by atoms with Crippen molar-refractivity contribution in [3.8, 4) is 11.9 Å². The van der Waals surface area contributed by atoms with Crippen LogP contribution in [0.2, 0.25) is 0 Å². The molecule has 3 rings (SSSR count). The van der Waals surface area contributed by atoms with Crippen molar-refractivity contribution in [2.75, 3.05) is 5.73 Å². The molecule has 0 aliphatic heterocycles. The van der Waals surface area contributed by atoms with Gasteiger partial charge in [-0.15, -0.1) is 0 Å². The van der Waals surface area contributed by atoms with Crippen molar-refractivity contribution in [1.82, 2.24) is 4.98 Å². The molecule has 2 aromatic rings. The number of rotatable bonds is 3. The minimum Gasteiger partial charge on any atom is -0.472 e. The van der Waals surface area contributed by atoms with Gasteiger partial charge in [-0.25, -0.2) is 4.98 Å². The maximum absolute atomic E-state index is 9.27. The van der Waals surface area contributed by atoms with Crippen LogP contribution in [0.4, 0.5) is 5.69 Å². The van der Waals surface area contributed by atoms with Gasteiger partial charge in [-0.2, -0.15) is 5.26 Å². The Labute approximate surface area is 124 Å². The molecule has 1 aromatic carbocycles. The van der Waals surface area contributed by atoms with Gasteiger partial charge in [0, 0.05) is 11.4 Å². The first kappa shape index (κ1) is 13.4. The fourth-order valence-electron chi connectivity index (χ4n) is 2.57. The van der Waals surface area contributed by atoms with Crippen molar-refractivity contribution < 1.29 is 4.74 Å². The first-order valence-electron chi connectivity index (χ1n) is 7.16. The summed E-state index contributed by atoms with van der Waals surface area (Å²) in [6.45, 7) is 0.390. The zero-order chi connectivity index (χ0) is 14.7. The van der Waals surface area contributed by atoms with Gasteiger partial charge in [-0.05, 0) is 55.0 Å². The van der Waals surface area contributed by atoms with Crippen molar-refractivity contribution in [1.29, 1.82) is 5.26 Å². The van der Waals surface area contributed by atoms with E-state index in [1.54, 1.807) is 0 Å². The molecule has 21 heavy (non-hydrogen) atoms. The van der Waals surface area contributed by atoms with E-state index in [9.17, 15) is 5.26 Å². The Bertz CT molecular complexity index is 686. The van der Waals surface area contributed by atoms with Crippen LogP contribution in [0.3, 0.4) is 0 Å². The van der Waals surface area contributed by atoms with Crippen LogP contribution in [0.25, 0.3) is 0 Å². The molecule has 1 aromatic heterocycles. The molecule has 106 valence electrons. The number of hydrogen-bond donors (Lipinski definition) is 1. The highest BCUT2D eigenvalue weighted by atomic mass is 16.5.